The highest BCUT2D eigenvalue weighted by Crippen LogP contribution is 2.44. The van der Waals surface area contributed by atoms with E-state index in [2.05, 4.69) is 6.92 Å². The zero-order valence-corrected chi connectivity index (χ0v) is 11.1. The average molecular weight is 251 g/mol. The lowest BCUT2D eigenvalue weighted by atomic mass is 10.00. The first-order valence-corrected chi connectivity index (χ1v) is 6.95. The summed E-state index contributed by atoms with van der Waals surface area (Å²) in [6, 6.07) is 0. The van der Waals surface area contributed by atoms with Crippen LogP contribution >= 0.6 is 0 Å². The van der Waals surface area contributed by atoms with Gasteiger partial charge in [0.05, 0.1) is 18.4 Å². The summed E-state index contributed by atoms with van der Waals surface area (Å²) in [7, 11) is 0. The Kier molecular flexibility index (Phi) is 3.83. The van der Waals surface area contributed by atoms with Crippen LogP contribution < -0.4 is 0 Å². The van der Waals surface area contributed by atoms with E-state index in [1.54, 1.807) is 0 Å². The van der Waals surface area contributed by atoms with E-state index in [1.807, 2.05) is 6.92 Å². The number of ketones is 1. The summed E-state index contributed by atoms with van der Waals surface area (Å²) in [4.78, 5) is 37.1. The molecule has 1 heterocycles. The van der Waals surface area contributed by atoms with Crippen molar-refractivity contribution in [2.75, 3.05) is 6.54 Å². The molecule has 0 radical (unpaired) electrons. The number of carbonyl (C=O) groups excluding carboxylic acids is 3. The van der Waals surface area contributed by atoms with Gasteiger partial charge in [0.1, 0.15) is 0 Å². The Bertz CT molecular complexity index is 353. The van der Waals surface area contributed by atoms with Gasteiger partial charge in [-0.3, -0.25) is 19.3 Å². The van der Waals surface area contributed by atoms with Gasteiger partial charge in [-0.2, -0.15) is 0 Å². The highest BCUT2D eigenvalue weighted by molar-refractivity contribution is 6.07. The van der Waals surface area contributed by atoms with Crippen molar-refractivity contribution in [1.29, 1.82) is 0 Å². The molecule has 0 spiro atoms. The van der Waals surface area contributed by atoms with Crippen molar-refractivity contribution in [3.8, 4) is 0 Å². The van der Waals surface area contributed by atoms with E-state index in [1.165, 1.54) is 4.90 Å². The van der Waals surface area contributed by atoms with Crippen LogP contribution in [0.2, 0.25) is 0 Å². The average Bonchev–Trinajstić information content (AvgIpc) is 2.86. The first-order valence-electron chi connectivity index (χ1n) is 6.95. The molecule has 100 valence electrons. The molecule has 4 heteroatoms. The predicted octanol–water partition coefficient (Wildman–Crippen LogP) is 1.78. The normalized spacial score (nSPS) is 31.0. The van der Waals surface area contributed by atoms with Crippen LogP contribution in [0.15, 0.2) is 0 Å². The molecular formula is C14H21NO3. The van der Waals surface area contributed by atoms with Crippen LogP contribution in [0, 0.1) is 17.8 Å². The number of amides is 2. The van der Waals surface area contributed by atoms with Crippen molar-refractivity contribution < 1.29 is 14.4 Å². The van der Waals surface area contributed by atoms with Crippen molar-refractivity contribution in [1.82, 2.24) is 4.90 Å². The second kappa shape index (κ2) is 5.21. The summed E-state index contributed by atoms with van der Waals surface area (Å²) in [5, 5.41) is 0. The number of hydrogen-bond donors (Lipinski definition) is 0. The van der Waals surface area contributed by atoms with Crippen molar-refractivity contribution in [3.05, 3.63) is 0 Å². The molecule has 0 aromatic heterocycles. The Morgan fingerprint density at radius 2 is 1.72 bits per heavy atom. The number of nitrogens with zero attached hydrogens (tertiary/aromatic N) is 1. The smallest absolute Gasteiger partial charge is 0.233 e. The lowest BCUT2D eigenvalue weighted by Gasteiger charge is -2.16. The van der Waals surface area contributed by atoms with E-state index < -0.39 is 0 Å². The fraction of sp³-hybridized carbons (Fsp3) is 0.786. The summed E-state index contributed by atoms with van der Waals surface area (Å²) in [6.45, 7) is 4.02. The van der Waals surface area contributed by atoms with Crippen LogP contribution in [0.3, 0.4) is 0 Å². The number of carbonyl (C=O) groups is 3. The minimum absolute atomic E-state index is 0.00466. The zero-order valence-electron chi connectivity index (χ0n) is 11.1. The van der Waals surface area contributed by atoms with Crippen molar-refractivity contribution >= 4 is 17.6 Å². The maximum Gasteiger partial charge on any atom is 0.233 e. The van der Waals surface area contributed by atoms with Gasteiger partial charge >= 0.3 is 0 Å². The number of hydrogen-bond acceptors (Lipinski definition) is 3. The van der Waals surface area contributed by atoms with Crippen LogP contribution in [0.4, 0.5) is 0 Å². The van der Waals surface area contributed by atoms with E-state index in [-0.39, 0.29) is 36.0 Å². The van der Waals surface area contributed by atoms with Crippen LogP contribution in [0.5, 0.6) is 0 Å². The Labute approximate surface area is 108 Å². The molecule has 1 saturated heterocycles. The molecule has 0 N–H and O–H groups in total. The van der Waals surface area contributed by atoms with Gasteiger partial charge < -0.3 is 0 Å². The molecule has 0 aromatic carbocycles. The highest BCUT2D eigenvalue weighted by atomic mass is 16.2. The largest absolute Gasteiger partial charge is 0.298 e. The third-order valence-electron chi connectivity index (χ3n) is 4.27. The zero-order chi connectivity index (χ0) is 13.3. The summed E-state index contributed by atoms with van der Waals surface area (Å²) in [5.74, 6) is -0.00262. The van der Waals surface area contributed by atoms with Gasteiger partial charge in [0.25, 0.3) is 0 Å². The van der Waals surface area contributed by atoms with Crippen molar-refractivity contribution in [2.45, 2.75) is 46.0 Å². The molecule has 18 heavy (non-hydrogen) atoms. The lowest BCUT2D eigenvalue weighted by Crippen LogP contribution is -2.36. The van der Waals surface area contributed by atoms with Gasteiger partial charge in [-0.25, -0.2) is 0 Å². The van der Waals surface area contributed by atoms with Crippen LogP contribution in [-0.2, 0) is 14.4 Å². The van der Waals surface area contributed by atoms with E-state index in [9.17, 15) is 14.4 Å². The molecule has 2 aliphatic rings. The highest BCUT2D eigenvalue weighted by Gasteiger charge is 2.52. The van der Waals surface area contributed by atoms with Gasteiger partial charge in [-0.15, -0.1) is 0 Å². The Balaban J connectivity index is 2.03. The third-order valence-corrected chi connectivity index (χ3v) is 4.27. The Morgan fingerprint density at radius 3 is 2.17 bits per heavy atom. The Hall–Kier alpha value is -1.19. The molecule has 2 atom stereocenters. The monoisotopic (exact) mass is 251 g/mol. The summed E-state index contributed by atoms with van der Waals surface area (Å²) in [6.07, 6.45) is 3.89. The van der Waals surface area contributed by atoms with Gasteiger partial charge in [0.15, 0.2) is 5.78 Å². The number of rotatable bonds is 5. The summed E-state index contributed by atoms with van der Waals surface area (Å²) < 4.78 is 0. The van der Waals surface area contributed by atoms with Crippen molar-refractivity contribution in [2.24, 2.45) is 17.8 Å². The van der Waals surface area contributed by atoms with Crippen LogP contribution in [0.25, 0.3) is 0 Å². The van der Waals surface area contributed by atoms with Crippen LogP contribution in [-0.4, -0.2) is 29.0 Å². The number of imide groups is 1. The molecule has 2 fully saturated rings. The Morgan fingerprint density at radius 1 is 1.17 bits per heavy atom. The molecule has 1 aliphatic heterocycles. The maximum atomic E-state index is 12.2. The SMILES string of the molecule is CCCC(=O)CN1C(=O)C2CC(CC)CC2C1=O. The van der Waals surface area contributed by atoms with E-state index in [0.717, 1.165) is 25.7 Å². The minimum Gasteiger partial charge on any atom is -0.298 e. The molecular weight excluding hydrogens is 230 g/mol. The standard InChI is InChI=1S/C14H21NO3/c1-3-5-10(16)8-15-13(17)11-6-9(4-2)7-12(11)14(15)18/h9,11-12H,3-8H2,1-2H3. The molecule has 2 rings (SSSR count). The first kappa shape index (κ1) is 13.2. The van der Waals surface area contributed by atoms with Crippen LogP contribution in [0.1, 0.15) is 46.0 Å². The van der Waals surface area contributed by atoms with Gasteiger partial charge in [0.2, 0.25) is 11.8 Å². The van der Waals surface area contributed by atoms with Gasteiger partial charge in [0, 0.05) is 6.42 Å². The minimum atomic E-state index is -0.142. The number of likely N-dealkylation sites (tertiary alicyclic amines) is 1. The topological polar surface area (TPSA) is 54.5 Å². The van der Waals surface area contributed by atoms with E-state index in [0.29, 0.717) is 12.3 Å². The lowest BCUT2D eigenvalue weighted by molar-refractivity contribution is -0.143. The fourth-order valence-corrected chi connectivity index (χ4v) is 3.22. The van der Waals surface area contributed by atoms with E-state index >= 15 is 0 Å². The molecule has 0 aromatic rings. The third kappa shape index (κ3) is 2.20. The second-order valence-electron chi connectivity index (χ2n) is 5.51. The summed E-state index contributed by atoms with van der Waals surface area (Å²) in [5.41, 5.74) is 0. The molecule has 2 amide bonds. The molecule has 1 saturated carbocycles. The number of fused-ring (bicyclic) bond motifs is 1. The maximum absolute atomic E-state index is 12.2. The molecule has 4 nitrogen and oxygen atoms in total. The molecule has 1 aliphatic carbocycles. The molecule has 2 unspecified atom stereocenters. The predicted molar refractivity (Wildman–Crippen MR) is 66.6 cm³/mol. The van der Waals surface area contributed by atoms with Crippen molar-refractivity contribution in [3.63, 3.8) is 0 Å². The summed E-state index contributed by atoms with van der Waals surface area (Å²) >= 11 is 0. The molecule has 0 bridgehead atoms. The van der Waals surface area contributed by atoms with Gasteiger partial charge in [-0.1, -0.05) is 20.3 Å². The number of Topliss-reactive ketones (excluding diaryl/α,β-unsaturated/α-hetero) is 1. The quantitative estimate of drug-likeness (QED) is 0.700. The van der Waals surface area contributed by atoms with E-state index in [4.69, 9.17) is 0 Å². The second-order valence-corrected chi connectivity index (χ2v) is 5.51. The first-order chi connectivity index (χ1) is 8.58. The fourth-order valence-electron chi connectivity index (χ4n) is 3.22. The van der Waals surface area contributed by atoms with Gasteiger partial charge in [-0.05, 0) is 25.2 Å².